The number of rotatable bonds is 8. The summed E-state index contributed by atoms with van der Waals surface area (Å²) in [6.07, 6.45) is 6.18. The lowest BCUT2D eigenvalue weighted by Gasteiger charge is -2.30. The Morgan fingerprint density at radius 3 is 2.67 bits per heavy atom. The fraction of sp³-hybridized carbons (Fsp3) is 0.478. The second kappa shape index (κ2) is 9.62. The lowest BCUT2D eigenvalue weighted by atomic mass is 10.2. The van der Waals surface area contributed by atoms with Gasteiger partial charge in [-0.1, -0.05) is 30.5 Å². The van der Waals surface area contributed by atoms with Gasteiger partial charge in [0.15, 0.2) is 0 Å². The van der Waals surface area contributed by atoms with E-state index in [1.807, 2.05) is 37.3 Å². The van der Waals surface area contributed by atoms with E-state index < -0.39 is 10.0 Å². The summed E-state index contributed by atoms with van der Waals surface area (Å²) in [7, 11) is -3.59. The maximum Gasteiger partial charge on any atom is 0.264 e. The average Bonchev–Trinajstić information content (AvgIpc) is 3.27. The van der Waals surface area contributed by atoms with E-state index in [2.05, 4.69) is 5.32 Å². The van der Waals surface area contributed by atoms with Crippen molar-refractivity contribution in [2.45, 2.75) is 54.9 Å². The summed E-state index contributed by atoms with van der Waals surface area (Å²) in [5.41, 5.74) is 1.76. The summed E-state index contributed by atoms with van der Waals surface area (Å²) in [5.74, 6) is 1.46. The minimum absolute atomic E-state index is 0.329. The average molecular weight is 447 g/mol. The van der Waals surface area contributed by atoms with Gasteiger partial charge in [-0.15, -0.1) is 11.8 Å². The van der Waals surface area contributed by atoms with Crippen LogP contribution in [0.1, 0.15) is 37.7 Å². The van der Waals surface area contributed by atoms with Crippen LogP contribution in [-0.2, 0) is 10.0 Å². The quantitative estimate of drug-likeness (QED) is 0.601. The number of hydrogen-bond acceptors (Lipinski definition) is 5. The number of thioether (sulfide) groups is 1. The van der Waals surface area contributed by atoms with Crippen LogP contribution in [0, 0.1) is 6.92 Å². The second-order valence-corrected chi connectivity index (χ2v) is 11.0. The number of nitrogens with zero attached hydrogens (tertiary/aromatic N) is 1. The topological polar surface area (TPSA) is 58.6 Å². The molecule has 30 heavy (non-hydrogen) atoms. The van der Waals surface area contributed by atoms with E-state index in [1.165, 1.54) is 30.0 Å². The summed E-state index contributed by atoms with van der Waals surface area (Å²) < 4.78 is 34.0. The van der Waals surface area contributed by atoms with Crippen molar-refractivity contribution in [3.8, 4) is 5.75 Å². The molecule has 1 aliphatic carbocycles. The van der Waals surface area contributed by atoms with Gasteiger partial charge < -0.3 is 10.1 Å². The highest BCUT2D eigenvalue weighted by molar-refractivity contribution is 8.00. The monoisotopic (exact) mass is 446 g/mol. The molecule has 4 rings (SSSR count). The third-order valence-corrected chi connectivity index (χ3v) is 8.61. The normalized spacial score (nSPS) is 17.2. The summed E-state index contributed by atoms with van der Waals surface area (Å²) in [4.78, 5) is 1.31. The molecule has 0 atom stereocenters. The molecule has 1 heterocycles. The molecule has 2 aromatic carbocycles. The minimum Gasteiger partial charge on any atom is -0.493 e. The van der Waals surface area contributed by atoms with Gasteiger partial charge in [0.1, 0.15) is 5.75 Å². The Morgan fingerprint density at radius 1 is 1.13 bits per heavy atom. The molecule has 0 unspecified atom stereocenters. The SMILES string of the molecule is Cc1ccc(S(=O)(=O)N2CCSc3ccc(OCCCNC4CCCC4)cc32)cc1. The molecule has 0 spiro atoms. The molecule has 2 aromatic rings. The van der Waals surface area contributed by atoms with E-state index in [9.17, 15) is 8.42 Å². The van der Waals surface area contributed by atoms with Gasteiger partial charge in [-0.05, 0) is 57.0 Å². The van der Waals surface area contributed by atoms with E-state index in [-0.39, 0.29) is 0 Å². The molecule has 0 amide bonds. The lowest BCUT2D eigenvalue weighted by molar-refractivity contribution is 0.304. The molecular weight excluding hydrogens is 416 g/mol. The fourth-order valence-corrected chi connectivity index (χ4v) is 6.67. The maximum absolute atomic E-state index is 13.3. The minimum atomic E-state index is -3.59. The van der Waals surface area contributed by atoms with Crippen LogP contribution in [0.15, 0.2) is 52.3 Å². The van der Waals surface area contributed by atoms with Crippen molar-refractivity contribution in [3.05, 3.63) is 48.0 Å². The molecular formula is C23H30N2O3S2. The highest BCUT2D eigenvalue weighted by Crippen LogP contribution is 2.40. The molecule has 2 aliphatic rings. The van der Waals surface area contributed by atoms with Gasteiger partial charge in [-0.2, -0.15) is 0 Å². The van der Waals surface area contributed by atoms with E-state index in [1.54, 1.807) is 23.9 Å². The first-order valence-electron chi connectivity index (χ1n) is 10.8. The first-order chi connectivity index (χ1) is 14.5. The molecule has 1 saturated carbocycles. The van der Waals surface area contributed by atoms with Crippen LogP contribution >= 0.6 is 11.8 Å². The Labute approximate surface area is 184 Å². The highest BCUT2D eigenvalue weighted by Gasteiger charge is 2.29. The van der Waals surface area contributed by atoms with Crippen molar-refractivity contribution in [1.29, 1.82) is 0 Å². The van der Waals surface area contributed by atoms with Crippen LogP contribution in [0.2, 0.25) is 0 Å². The maximum atomic E-state index is 13.3. The number of nitrogens with one attached hydrogen (secondary N) is 1. The molecule has 0 saturated heterocycles. The predicted molar refractivity (Wildman–Crippen MR) is 123 cm³/mol. The number of benzene rings is 2. The van der Waals surface area contributed by atoms with Gasteiger partial charge in [-0.3, -0.25) is 4.31 Å². The number of anilines is 1. The smallest absolute Gasteiger partial charge is 0.264 e. The van der Waals surface area contributed by atoms with Crippen LogP contribution in [-0.4, -0.2) is 39.9 Å². The van der Waals surface area contributed by atoms with Crippen molar-refractivity contribution in [3.63, 3.8) is 0 Å². The van der Waals surface area contributed by atoms with Crippen molar-refractivity contribution in [2.24, 2.45) is 0 Å². The zero-order valence-electron chi connectivity index (χ0n) is 17.5. The second-order valence-electron chi connectivity index (χ2n) is 8.01. The number of fused-ring (bicyclic) bond motifs is 1. The van der Waals surface area contributed by atoms with E-state index in [4.69, 9.17) is 4.74 Å². The van der Waals surface area contributed by atoms with Crippen molar-refractivity contribution in [1.82, 2.24) is 5.32 Å². The van der Waals surface area contributed by atoms with Crippen LogP contribution in [0.4, 0.5) is 5.69 Å². The van der Waals surface area contributed by atoms with Gasteiger partial charge in [0.05, 0.1) is 17.2 Å². The third kappa shape index (κ3) is 4.95. The Bertz CT molecular complexity index is 955. The number of sulfonamides is 1. The van der Waals surface area contributed by atoms with E-state index >= 15 is 0 Å². The Kier molecular flexibility index (Phi) is 6.91. The zero-order valence-corrected chi connectivity index (χ0v) is 19.1. The molecule has 5 nitrogen and oxygen atoms in total. The third-order valence-electron chi connectivity index (χ3n) is 5.74. The first-order valence-corrected chi connectivity index (χ1v) is 13.2. The standard InChI is InChI=1S/C23H30N2O3S2/c1-18-7-10-21(11-8-18)30(26,27)25-14-16-29-23-12-9-20(17-22(23)25)28-15-4-13-24-19-5-2-3-6-19/h7-12,17,19,24H,2-6,13-16H2,1H3. The van der Waals surface area contributed by atoms with Crippen molar-refractivity contribution >= 4 is 27.5 Å². The van der Waals surface area contributed by atoms with Gasteiger partial charge in [0.25, 0.3) is 10.0 Å². The molecule has 1 N–H and O–H groups in total. The first kappa shape index (κ1) is 21.5. The Hall–Kier alpha value is -1.70. The van der Waals surface area contributed by atoms with Crippen LogP contribution in [0.3, 0.4) is 0 Å². The van der Waals surface area contributed by atoms with Crippen molar-refractivity contribution < 1.29 is 13.2 Å². The summed E-state index contributed by atoms with van der Waals surface area (Å²) >= 11 is 1.69. The molecule has 0 bridgehead atoms. The highest BCUT2D eigenvalue weighted by atomic mass is 32.2. The molecule has 0 radical (unpaired) electrons. The number of hydrogen-bond donors (Lipinski definition) is 1. The summed E-state index contributed by atoms with van der Waals surface area (Å²) in [5, 5.41) is 3.60. The predicted octanol–water partition coefficient (Wildman–Crippen LogP) is 4.60. The summed E-state index contributed by atoms with van der Waals surface area (Å²) in [6.45, 7) is 3.99. The molecule has 0 aromatic heterocycles. The fourth-order valence-electron chi connectivity index (χ4n) is 4.05. The van der Waals surface area contributed by atoms with Gasteiger partial charge in [0, 0.05) is 29.3 Å². The van der Waals surface area contributed by atoms with E-state index in [0.717, 1.165) is 34.9 Å². The zero-order chi connectivity index (χ0) is 21.0. The molecule has 1 fully saturated rings. The number of aryl methyl sites for hydroxylation is 1. The van der Waals surface area contributed by atoms with E-state index in [0.29, 0.717) is 29.8 Å². The Balaban J connectivity index is 1.42. The molecule has 162 valence electrons. The molecule has 7 heteroatoms. The van der Waals surface area contributed by atoms with Gasteiger partial charge >= 0.3 is 0 Å². The van der Waals surface area contributed by atoms with Crippen molar-refractivity contribution in [2.75, 3.05) is 29.8 Å². The van der Waals surface area contributed by atoms with Crippen LogP contribution < -0.4 is 14.4 Å². The van der Waals surface area contributed by atoms with Gasteiger partial charge in [-0.25, -0.2) is 8.42 Å². The van der Waals surface area contributed by atoms with Gasteiger partial charge in [0.2, 0.25) is 0 Å². The summed E-state index contributed by atoms with van der Waals surface area (Å²) in [6, 6.07) is 13.5. The Morgan fingerprint density at radius 2 is 1.90 bits per heavy atom. The molecule has 1 aliphatic heterocycles. The van der Waals surface area contributed by atoms with Crippen LogP contribution in [0.5, 0.6) is 5.75 Å². The lowest BCUT2D eigenvalue weighted by Crippen LogP contribution is -2.35. The largest absolute Gasteiger partial charge is 0.493 e. The van der Waals surface area contributed by atoms with Crippen LogP contribution in [0.25, 0.3) is 0 Å². The number of ether oxygens (including phenoxy) is 1.